The van der Waals surface area contributed by atoms with Gasteiger partial charge in [0.2, 0.25) is 11.8 Å². The average Bonchev–Trinajstić information content (AvgIpc) is 3.35. The maximum Gasteiger partial charge on any atom is 0.310 e. The van der Waals surface area contributed by atoms with E-state index in [9.17, 15) is 19.5 Å². The van der Waals surface area contributed by atoms with E-state index >= 15 is 0 Å². The van der Waals surface area contributed by atoms with Gasteiger partial charge in [-0.05, 0) is 25.3 Å². The first-order valence-electron chi connectivity index (χ1n) is 10.1. The zero-order chi connectivity index (χ0) is 20.6. The van der Waals surface area contributed by atoms with Gasteiger partial charge in [0, 0.05) is 18.3 Å². The van der Waals surface area contributed by atoms with Gasteiger partial charge in [-0.2, -0.15) is 0 Å². The molecule has 29 heavy (non-hydrogen) atoms. The van der Waals surface area contributed by atoms with Crippen LogP contribution in [0.2, 0.25) is 0 Å². The number of hydrogen-bond acceptors (Lipinski definition) is 6. The van der Waals surface area contributed by atoms with Crippen LogP contribution in [0.1, 0.15) is 25.3 Å². The normalized spacial score (nSPS) is 32.3. The number of likely N-dealkylation sites (tertiary alicyclic amines) is 1. The van der Waals surface area contributed by atoms with Gasteiger partial charge in [0.25, 0.3) is 0 Å². The van der Waals surface area contributed by atoms with Crippen LogP contribution < -0.4 is 5.32 Å². The van der Waals surface area contributed by atoms with Gasteiger partial charge in [0.1, 0.15) is 6.04 Å². The minimum Gasteiger partial charge on any atom is -0.466 e. The van der Waals surface area contributed by atoms with Crippen LogP contribution in [0.25, 0.3) is 0 Å². The van der Waals surface area contributed by atoms with E-state index in [1.54, 1.807) is 18.7 Å². The van der Waals surface area contributed by atoms with Crippen LogP contribution in [-0.2, 0) is 25.7 Å². The van der Waals surface area contributed by atoms with Crippen molar-refractivity contribution in [3.05, 3.63) is 35.9 Å². The van der Waals surface area contributed by atoms with Gasteiger partial charge in [-0.3, -0.25) is 14.4 Å². The summed E-state index contributed by atoms with van der Waals surface area (Å²) in [6.07, 6.45) is 1.49. The number of carbonyl (C=O) groups is 3. The molecular formula is C21H26N2O5S. The largest absolute Gasteiger partial charge is 0.466 e. The zero-order valence-corrected chi connectivity index (χ0v) is 17.2. The smallest absolute Gasteiger partial charge is 0.310 e. The molecule has 4 rings (SSSR count). The molecule has 0 saturated carbocycles. The van der Waals surface area contributed by atoms with Crippen molar-refractivity contribution in [3.8, 4) is 0 Å². The fourth-order valence-electron chi connectivity index (χ4n) is 5.19. The third kappa shape index (κ3) is 3.22. The molecular weight excluding hydrogens is 392 g/mol. The van der Waals surface area contributed by atoms with Gasteiger partial charge in [0.05, 0.1) is 29.8 Å². The number of thioether (sulfide) groups is 1. The molecule has 1 aromatic rings. The van der Waals surface area contributed by atoms with Crippen molar-refractivity contribution in [1.29, 1.82) is 0 Å². The summed E-state index contributed by atoms with van der Waals surface area (Å²) in [5, 5.41) is 12.5. The Hall–Kier alpha value is -2.06. The minimum atomic E-state index is -0.690. The van der Waals surface area contributed by atoms with Crippen molar-refractivity contribution in [3.63, 3.8) is 0 Å². The van der Waals surface area contributed by atoms with Gasteiger partial charge in [-0.1, -0.05) is 30.3 Å². The van der Waals surface area contributed by atoms with Gasteiger partial charge in [-0.15, -0.1) is 11.8 Å². The molecule has 2 amide bonds. The number of nitrogens with zero attached hydrogens (tertiary/aromatic N) is 1. The van der Waals surface area contributed by atoms with E-state index in [1.165, 1.54) is 4.90 Å². The first kappa shape index (κ1) is 20.2. The van der Waals surface area contributed by atoms with Crippen LogP contribution in [0.4, 0.5) is 0 Å². The van der Waals surface area contributed by atoms with E-state index in [4.69, 9.17) is 4.74 Å². The molecule has 0 aromatic heterocycles. The van der Waals surface area contributed by atoms with E-state index < -0.39 is 22.6 Å². The fourth-order valence-corrected chi connectivity index (χ4v) is 7.40. The Morgan fingerprint density at radius 2 is 2.10 bits per heavy atom. The van der Waals surface area contributed by atoms with Crippen molar-refractivity contribution in [2.24, 2.45) is 11.8 Å². The molecule has 5 atom stereocenters. The Balaban J connectivity index is 1.61. The highest BCUT2D eigenvalue weighted by Gasteiger charge is 2.73. The molecule has 2 N–H and O–H groups in total. The van der Waals surface area contributed by atoms with Crippen LogP contribution in [0.15, 0.2) is 30.3 Å². The second-order valence-corrected chi connectivity index (χ2v) is 9.37. The number of β-amino-alcohol motifs (C(OH)–C–C–N with tert-alkyl or cyclic N) is 1. The summed E-state index contributed by atoms with van der Waals surface area (Å²) >= 11 is 1.60. The monoisotopic (exact) mass is 418 g/mol. The second-order valence-electron chi connectivity index (χ2n) is 7.77. The predicted molar refractivity (Wildman–Crippen MR) is 108 cm³/mol. The third-order valence-electron chi connectivity index (χ3n) is 6.26. The summed E-state index contributed by atoms with van der Waals surface area (Å²) in [4.78, 5) is 40.6. The molecule has 3 aliphatic rings. The zero-order valence-electron chi connectivity index (χ0n) is 16.4. The molecule has 156 valence electrons. The maximum atomic E-state index is 13.3. The quantitative estimate of drug-likeness (QED) is 0.640. The van der Waals surface area contributed by atoms with E-state index in [0.717, 1.165) is 12.0 Å². The molecule has 3 fully saturated rings. The number of amides is 2. The number of hydrogen-bond donors (Lipinski definition) is 2. The van der Waals surface area contributed by atoms with Crippen LogP contribution in [0.3, 0.4) is 0 Å². The Bertz CT molecular complexity index is 804. The van der Waals surface area contributed by atoms with Gasteiger partial charge in [-0.25, -0.2) is 0 Å². The maximum absolute atomic E-state index is 13.3. The molecule has 1 aromatic carbocycles. The number of carbonyl (C=O) groups excluding carboxylic acids is 3. The lowest BCUT2D eigenvalue weighted by molar-refractivity contribution is -0.153. The highest BCUT2D eigenvalue weighted by molar-refractivity contribution is 8.02. The lowest BCUT2D eigenvalue weighted by atomic mass is 9.71. The average molecular weight is 419 g/mol. The lowest BCUT2D eigenvalue weighted by Crippen LogP contribution is -2.53. The standard InChI is InChI=1S/C21H26N2O5S/c1-2-28-20(27)15-14-8-9-21(29-14)16(15)19(26)23(10-11-24)17(21)18(25)22-12-13-6-4-3-5-7-13/h3-7,14-17,24H,2,8-12H2,1H3,(H,22,25)/t14-,15+,16+,17?,21?/m1/s1. The third-order valence-corrected chi connectivity index (χ3v) is 8.21. The van der Waals surface area contributed by atoms with Gasteiger partial charge in [0.15, 0.2) is 0 Å². The van der Waals surface area contributed by atoms with E-state index in [1.807, 2.05) is 30.3 Å². The van der Waals surface area contributed by atoms with Crippen LogP contribution in [0, 0.1) is 11.8 Å². The Morgan fingerprint density at radius 1 is 1.34 bits per heavy atom. The van der Waals surface area contributed by atoms with E-state index in [0.29, 0.717) is 13.0 Å². The summed E-state index contributed by atoms with van der Waals surface area (Å²) < 4.78 is 4.63. The lowest BCUT2D eigenvalue weighted by Gasteiger charge is -2.33. The number of esters is 1. The highest BCUT2D eigenvalue weighted by atomic mass is 32.2. The van der Waals surface area contributed by atoms with Crippen LogP contribution in [-0.4, -0.2) is 63.6 Å². The molecule has 0 aliphatic carbocycles. The Morgan fingerprint density at radius 3 is 2.79 bits per heavy atom. The van der Waals surface area contributed by atoms with Crippen LogP contribution >= 0.6 is 11.8 Å². The number of nitrogens with one attached hydrogen (secondary N) is 1. The van der Waals surface area contributed by atoms with E-state index in [2.05, 4.69) is 5.32 Å². The SMILES string of the molecule is CCOC(=O)[C@@H]1[C@H]2C(=O)N(CCO)C(C(=O)NCc3ccccc3)C23CC[C@H]1S3. The molecule has 7 nitrogen and oxygen atoms in total. The fraction of sp³-hybridized carbons (Fsp3) is 0.571. The number of aliphatic hydroxyl groups is 1. The number of rotatable bonds is 7. The summed E-state index contributed by atoms with van der Waals surface area (Å²) in [6, 6.07) is 8.90. The Kier molecular flexibility index (Phi) is 5.57. The first-order valence-corrected chi connectivity index (χ1v) is 11.0. The second kappa shape index (κ2) is 7.99. The van der Waals surface area contributed by atoms with Gasteiger partial charge >= 0.3 is 5.97 Å². The Labute approximate surface area is 174 Å². The van der Waals surface area contributed by atoms with Crippen molar-refractivity contribution in [1.82, 2.24) is 10.2 Å². The number of benzene rings is 1. The van der Waals surface area contributed by atoms with Crippen molar-refractivity contribution >= 4 is 29.5 Å². The summed E-state index contributed by atoms with van der Waals surface area (Å²) in [5.74, 6) is -1.87. The topological polar surface area (TPSA) is 95.9 Å². The van der Waals surface area contributed by atoms with Crippen LogP contribution in [0.5, 0.6) is 0 Å². The molecule has 0 radical (unpaired) electrons. The molecule has 3 heterocycles. The molecule has 3 aliphatic heterocycles. The number of ether oxygens (including phenoxy) is 1. The summed E-state index contributed by atoms with van der Waals surface area (Å²) in [5.41, 5.74) is 0.973. The van der Waals surface area contributed by atoms with E-state index in [-0.39, 0.29) is 42.8 Å². The molecule has 8 heteroatoms. The molecule has 1 spiro atoms. The van der Waals surface area contributed by atoms with Crippen molar-refractivity contribution in [2.75, 3.05) is 19.8 Å². The number of aliphatic hydroxyl groups excluding tert-OH is 1. The molecule has 2 unspecified atom stereocenters. The van der Waals surface area contributed by atoms with Gasteiger partial charge < -0.3 is 20.1 Å². The summed E-state index contributed by atoms with van der Waals surface area (Å²) in [6.45, 7) is 2.24. The van der Waals surface area contributed by atoms with Crippen molar-refractivity contribution in [2.45, 2.75) is 42.3 Å². The summed E-state index contributed by atoms with van der Waals surface area (Å²) in [7, 11) is 0. The predicted octanol–water partition coefficient (Wildman–Crippen LogP) is 0.949. The highest BCUT2D eigenvalue weighted by Crippen LogP contribution is 2.66. The van der Waals surface area contributed by atoms with Crippen molar-refractivity contribution < 1.29 is 24.2 Å². The minimum absolute atomic E-state index is 0.00343. The first-order chi connectivity index (χ1) is 14.0. The molecule has 3 saturated heterocycles. The molecule has 2 bridgehead atoms. The number of fused-ring (bicyclic) bond motifs is 1.